The van der Waals surface area contributed by atoms with E-state index in [-0.39, 0.29) is 5.82 Å². The lowest BCUT2D eigenvalue weighted by atomic mass is 10.1. The van der Waals surface area contributed by atoms with Crippen molar-refractivity contribution in [2.45, 2.75) is 0 Å². The van der Waals surface area contributed by atoms with Gasteiger partial charge in [0.15, 0.2) is 0 Å². The largest absolute Gasteiger partial charge is 0.464 e. The zero-order valence-corrected chi connectivity index (χ0v) is 6.83. The third kappa shape index (κ3) is 1.40. The van der Waals surface area contributed by atoms with Gasteiger partial charge in [0.05, 0.1) is 6.26 Å². The topological polar surface area (TPSA) is 39.2 Å². The van der Waals surface area contributed by atoms with Crippen molar-refractivity contribution in [3.05, 3.63) is 42.4 Å². The molecule has 0 aliphatic heterocycles. The van der Waals surface area contributed by atoms with Crippen LogP contribution in [0.25, 0.3) is 11.3 Å². The summed E-state index contributed by atoms with van der Waals surface area (Å²) in [6.07, 6.45) is 1.55. The number of halogens is 1. The minimum Gasteiger partial charge on any atom is -0.464 e. The Balaban J connectivity index is 2.53. The van der Waals surface area contributed by atoms with E-state index in [1.54, 1.807) is 24.5 Å². The molecular weight excluding hydrogens is 169 g/mol. The summed E-state index contributed by atoms with van der Waals surface area (Å²) in [4.78, 5) is 0. The Hall–Kier alpha value is -1.77. The highest BCUT2D eigenvalue weighted by molar-refractivity contribution is 5.72. The summed E-state index contributed by atoms with van der Waals surface area (Å²) in [6.45, 7) is 0. The minimum absolute atomic E-state index is 0.340. The smallest absolute Gasteiger partial charge is 0.135 e. The summed E-state index contributed by atoms with van der Waals surface area (Å²) in [5.41, 5.74) is 6.71. The lowest BCUT2D eigenvalue weighted by Gasteiger charge is -2.01. The molecule has 1 aromatic carbocycles. The molecule has 2 nitrogen and oxygen atoms in total. The van der Waals surface area contributed by atoms with Crippen molar-refractivity contribution in [3.63, 3.8) is 0 Å². The molecule has 66 valence electrons. The van der Waals surface area contributed by atoms with Crippen LogP contribution in [0.2, 0.25) is 0 Å². The monoisotopic (exact) mass is 177 g/mol. The van der Waals surface area contributed by atoms with Gasteiger partial charge < -0.3 is 10.2 Å². The van der Waals surface area contributed by atoms with E-state index in [1.807, 2.05) is 0 Å². The zero-order valence-electron chi connectivity index (χ0n) is 6.83. The van der Waals surface area contributed by atoms with Gasteiger partial charge >= 0.3 is 0 Å². The third-order valence-electron chi connectivity index (χ3n) is 1.80. The Labute approximate surface area is 74.8 Å². The first kappa shape index (κ1) is 7.86. The summed E-state index contributed by atoms with van der Waals surface area (Å²) >= 11 is 0. The van der Waals surface area contributed by atoms with Crippen molar-refractivity contribution in [1.82, 2.24) is 0 Å². The highest BCUT2D eigenvalue weighted by Gasteiger charge is 2.05. The second-order valence-corrected chi connectivity index (χ2v) is 2.71. The fourth-order valence-electron chi connectivity index (χ4n) is 1.19. The minimum atomic E-state index is -0.340. The Morgan fingerprint density at radius 1 is 1.23 bits per heavy atom. The van der Waals surface area contributed by atoms with Crippen LogP contribution in [0.4, 0.5) is 10.1 Å². The average molecular weight is 177 g/mol. The summed E-state index contributed by atoms with van der Waals surface area (Å²) in [5, 5.41) is 0. The SMILES string of the molecule is Nc1cc(F)ccc1-c1ccco1. The van der Waals surface area contributed by atoms with E-state index in [0.29, 0.717) is 17.0 Å². The summed E-state index contributed by atoms with van der Waals surface area (Å²) in [7, 11) is 0. The molecule has 1 heterocycles. The standard InChI is InChI=1S/C10H8FNO/c11-7-3-4-8(9(12)6-7)10-2-1-5-13-10/h1-6H,12H2. The van der Waals surface area contributed by atoms with Gasteiger partial charge in [-0.1, -0.05) is 0 Å². The summed E-state index contributed by atoms with van der Waals surface area (Å²) in [5.74, 6) is 0.310. The van der Waals surface area contributed by atoms with Crippen molar-refractivity contribution < 1.29 is 8.81 Å². The molecule has 0 fully saturated rings. The van der Waals surface area contributed by atoms with Crippen molar-refractivity contribution in [3.8, 4) is 11.3 Å². The van der Waals surface area contributed by atoms with Crippen molar-refractivity contribution in [1.29, 1.82) is 0 Å². The summed E-state index contributed by atoms with van der Waals surface area (Å²) < 4.78 is 17.8. The van der Waals surface area contributed by atoms with Crippen LogP contribution in [0.15, 0.2) is 41.0 Å². The van der Waals surface area contributed by atoms with Crippen LogP contribution in [0.1, 0.15) is 0 Å². The molecule has 2 aromatic rings. The first-order valence-corrected chi connectivity index (χ1v) is 3.86. The molecule has 13 heavy (non-hydrogen) atoms. The Bertz CT molecular complexity index is 409. The molecule has 0 spiro atoms. The van der Waals surface area contributed by atoms with E-state index in [4.69, 9.17) is 10.2 Å². The van der Waals surface area contributed by atoms with Crippen LogP contribution < -0.4 is 5.73 Å². The number of rotatable bonds is 1. The van der Waals surface area contributed by atoms with Gasteiger partial charge in [0, 0.05) is 11.3 Å². The van der Waals surface area contributed by atoms with Crippen LogP contribution in [-0.4, -0.2) is 0 Å². The van der Waals surface area contributed by atoms with Crippen LogP contribution in [-0.2, 0) is 0 Å². The maximum Gasteiger partial charge on any atom is 0.135 e. The predicted octanol–water partition coefficient (Wildman–Crippen LogP) is 2.67. The molecular formula is C10H8FNO. The molecule has 0 radical (unpaired) electrons. The lowest BCUT2D eigenvalue weighted by molar-refractivity contribution is 0.582. The van der Waals surface area contributed by atoms with Gasteiger partial charge in [-0.3, -0.25) is 0 Å². The quantitative estimate of drug-likeness (QED) is 0.680. The maximum absolute atomic E-state index is 12.7. The first-order valence-electron chi connectivity index (χ1n) is 3.86. The van der Waals surface area contributed by atoms with Crippen molar-refractivity contribution >= 4 is 5.69 Å². The number of nitrogens with two attached hydrogens (primary N) is 1. The fourth-order valence-corrected chi connectivity index (χ4v) is 1.19. The number of anilines is 1. The summed E-state index contributed by atoms with van der Waals surface area (Å²) in [6, 6.07) is 7.78. The average Bonchev–Trinajstić information content (AvgIpc) is 2.56. The van der Waals surface area contributed by atoms with Gasteiger partial charge in [0.2, 0.25) is 0 Å². The van der Waals surface area contributed by atoms with Gasteiger partial charge in [-0.2, -0.15) is 0 Å². The Kier molecular flexibility index (Phi) is 1.77. The van der Waals surface area contributed by atoms with E-state index in [2.05, 4.69) is 0 Å². The van der Waals surface area contributed by atoms with E-state index in [0.717, 1.165) is 0 Å². The molecule has 0 amide bonds. The van der Waals surface area contributed by atoms with E-state index in [1.165, 1.54) is 12.1 Å². The van der Waals surface area contributed by atoms with Crippen LogP contribution in [0, 0.1) is 5.82 Å². The van der Waals surface area contributed by atoms with E-state index < -0.39 is 0 Å². The van der Waals surface area contributed by atoms with Crippen molar-refractivity contribution in [2.24, 2.45) is 0 Å². The van der Waals surface area contributed by atoms with Crippen molar-refractivity contribution in [2.75, 3.05) is 5.73 Å². The molecule has 0 saturated carbocycles. The molecule has 3 heteroatoms. The van der Waals surface area contributed by atoms with Gasteiger partial charge in [-0.25, -0.2) is 4.39 Å². The first-order chi connectivity index (χ1) is 6.27. The molecule has 0 aliphatic carbocycles. The molecule has 2 N–H and O–H groups in total. The number of benzene rings is 1. The van der Waals surface area contributed by atoms with Crippen LogP contribution in [0.3, 0.4) is 0 Å². The third-order valence-corrected chi connectivity index (χ3v) is 1.80. The zero-order chi connectivity index (χ0) is 9.26. The van der Waals surface area contributed by atoms with Gasteiger partial charge in [-0.05, 0) is 30.3 Å². The van der Waals surface area contributed by atoms with Crippen LogP contribution in [0.5, 0.6) is 0 Å². The Morgan fingerprint density at radius 2 is 2.08 bits per heavy atom. The van der Waals surface area contributed by atoms with Gasteiger partial charge in [-0.15, -0.1) is 0 Å². The predicted molar refractivity (Wildman–Crippen MR) is 48.5 cm³/mol. The number of furan rings is 1. The maximum atomic E-state index is 12.7. The molecule has 0 saturated heterocycles. The second-order valence-electron chi connectivity index (χ2n) is 2.71. The molecule has 1 aromatic heterocycles. The lowest BCUT2D eigenvalue weighted by Crippen LogP contribution is -1.89. The number of hydrogen-bond acceptors (Lipinski definition) is 2. The Morgan fingerprint density at radius 3 is 2.69 bits per heavy atom. The highest BCUT2D eigenvalue weighted by atomic mass is 19.1. The number of nitrogen functional groups attached to an aromatic ring is 1. The molecule has 0 atom stereocenters. The normalized spacial score (nSPS) is 10.2. The van der Waals surface area contributed by atoms with Gasteiger partial charge in [0.1, 0.15) is 11.6 Å². The van der Waals surface area contributed by atoms with Crippen LogP contribution >= 0.6 is 0 Å². The fraction of sp³-hybridized carbons (Fsp3) is 0. The molecule has 0 bridgehead atoms. The molecule has 2 rings (SSSR count). The highest BCUT2D eigenvalue weighted by Crippen LogP contribution is 2.26. The van der Waals surface area contributed by atoms with E-state index in [9.17, 15) is 4.39 Å². The van der Waals surface area contributed by atoms with E-state index >= 15 is 0 Å². The molecule has 0 aliphatic rings. The number of hydrogen-bond donors (Lipinski definition) is 1. The second kappa shape index (κ2) is 2.94. The van der Waals surface area contributed by atoms with Gasteiger partial charge in [0.25, 0.3) is 0 Å². The molecule has 0 unspecified atom stereocenters.